The molecule has 0 bridgehead atoms. The molecule has 2 aromatic carbocycles. The first-order valence-electron chi connectivity index (χ1n) is 8.62. The summed E-state index contributed by atoms with van der Waals surface area (Å²) in [6.45, 7) is 8.75. The summed E-state index contributed by atoms with van der Waals surface area (Å²) in [7, 11) is 0. The molecule has 1 saturated heterocycles. The van der Waals surface area contributed by atoms with Gasteiger partial charge in [0.2, 0.25) is 0 Å². The topological polar surface area (TPSA) is 18.5 Å². The predicted molar refractivity (Wildman–Crippen MR) is 111 cm³/mol. The van der Waals surface area contributed by atoms with Crippen LogP contribution in [0.2, 0.25) is 5.02 Å². The quantitative estimate of drug-likeness (QED) is 0.814. The van der Waals surface area contributed by atoms with Crippen molar-refractivity contribution in [2.24, 2.45) is 0 Å². The van der Waals surface area contributed by atoms with Gasteiger partial charge >= 0.3 is 0 Å². The number of anilines is 1. The molecule has 0 unspecified atom stereocenters. The van der Waals surface area contributed by atoms with E-state index in [0.717, 1.165) is 42.9 Å². The smallest absolute Gasteiger partial charge is 0.169 e. The molecule has 0 saturated carbocycles. The average molecular weight is 374 g/mol. The van der Waals surface area contributed by atoms with Crippen LogP contribution in [0.15, 0.2) is 42.5 Å². The van der Waals surface area contributed by atoms with Crippen LogP contribution in [0.25, 0.3) is 0 Å². The van der Waals surface area contributed by atoms with Gasteiger partial charge in [0.15, 0.2) is 5.11 Å². The van der Waals surface area contributed by atoms with Crippen LogP contribution in [0, 0.1) is 13.8 Å². The van der Waals surface area contributed by atoms with E-state index >= 15 is 0 Å². The Balaban J connectivity index is 1.52. The standard InChI is InChI=1S/C20H24ClN3S/c1-15-3-6-17(7-4-15)14-22-20(25)24-11-9-23(10-12-24)19-13-18(21)8-5-16(19)2/h3-8,13H,9-12,14H2,1-2H3,(H,22,25). The Kier molecular flexibility index (Phi) is 5.82. The highest BCUT2D eigenvalue weighted by Crippen LogP contribution is 2.25. The number of hydrogen-bond acceptors (Lipinski definition) is 2. The van der Waals surface area contributed by atoms with E-state index < -0.39 is 0 Å². The maximum Gasteiger partial charge on any atom is 0.169 e. The number of hydrogen-bond donors (Lipinski definition) is 1. The summed E-state index contributed by atoms with van der Waals surface area (Å²) in [5, 5.41) is 5.01. The lowest BCUT2D eigenvalue weighted by Gasteiger charge is -2.38. The molecule has 2 aromatic rings. The monoisotopic (exact) mass is 373 g/mol. The van der Waals surface area contributed by atoms with Crippen molar-refractivity contribution in [3.63, 3.8) is 0 Å². The van der Waals surface area contributed by atoms with Crippen molar-refractivity contribution in [2.75, 3.05) is 31.1 Å². The van der Waals surface area contributed by atoms with Gasteiger partial charge < -0.3 is 15.1 Å². The fraction of sp³-hybridized carbons (Fsp3) is 0.350. The van der Waals surface area contributed by atoms with Gasteiger partial charge in [-0.2, -0.15) is 0 Å². The molecule has 1 aliphatic heterocycles. The highest BCUT2D eigenvalue weighted by molar-refractivity contribution is 7.80. The van der Waals surface area contributed by atoms with Gasteiger partial charge in [0.25, 0.3) is 0 Å². The van der Waals surface area contributed by atoms with Crippen molar-refractivity contribution in [3.8, 4) is 0 Å². The zero-order valence-corrected chi connectivity index (χ0v) is 16.3. The maximum atomic E-state index is 6.16. The second-order valence-electron chi connectivity index (χ2n) is 6.55. The fourth-order valence-electron chi connectivity index (χ4n) is 3.07. The lowest BCUT2D eigenvalue weighted by Crippen LogP contribution is -2.51. The third kappa shape index (κ3) is 4.65. The first-order chi connectivity index (χ1) is 12.0. The number of rotatable bonds is 3. The van der Waals surface area contributed by atoms with Crippen molar-refractivity contribution in [3.05, 3.63) is 64.2 Å². The molecule has 1 N–H and O–H groups in total. The Morgan fingerprint density at radius 1 is 1.04 bits per heavy atom. The number of nitrogens with one attached hydrogen (secondary N) is 1. The number of nitrogens with zero attached hydrogens (tertiary/aromatic N) is 2. The molecular weight excluding hydrogens is 350 g/mol. The molecule has 0 radical (unpaired) electrons. The number of piperazine rings is 1. The van der Waals surface area contributed by atoms with E-state index in [2.05, 4.69) is 65.4 Å². The summed E-state index contributed by atoms with van der Waals surface area (Å²) >= 11 is 11.7. The predicted octanol–water partition coefficient (Wildman–Crippen LogP) is 4.15. The Morgan fingerprint density at radius 3 is 2.40 bits per heavy atom. The largest absolute Gasteiger partial charge is 0.368 e. The van der Waals surface area contributed by atoms with Crippen LogP contribution in [-0.2, 0) is 6.54 Å². The molecule has 1 aliphatic rings. The molecule has 0 amide bonds. The van der Waals surface area contributed by atoms with E-state index in [0.29, 0.717) is 0 Å². The molecule has 3 nitrogen and oxygen atoms in total. The third-order valence-electron chi connectivity index (χ3n) is 4.64. The van der Waals surface area contributed by atoms with E-state index in [9.17, 15) is 0 Å². The molecule has 3 rings (SSSR count). The molecule has 0 spiro atoms. The Labute approximate surface area is 160 Å². The van der Waals surface area contributed by atoms with E-state index in [1.807, 2.05) is 6.07 Å². The van der Waals surface area contributed by atoms with Crippen LogP contribution in [0.5, 0.6) is 0 Å². The lowest BCUT2D eigenvalue weighted by atomic mass is 10.1. The van der Waals surface area contributed by atoms with Gasteiger partial charge in [-0.3, -0.25) is 0 Å². The molecule has 0 aromatic heterocycles. The SMILES string of the molecule is Cc1ccc(CNC(=S)N2CCN(c3cc(Cl)ccc3C)CC2)cc1. The first-order valence-corrected chi connectivity index (χ1v) is 9.41. The highest BCUT2D eigenvalue weighted by atomic mass is 35.5. The minimum atomic E-state index is 0.771. The second-order valence-corrected chi connectivity index (χ2v) is 7.37. The molecule has 1 heterocycles. The van der Waals surface area contributed by atoms with Crippen LogP contribution < -0.4 is 10.2 Å². The summed E-state index contributed by atoms with van der Waals surface area (Å²) in [6, 6.07) is 14.6. The second kappa shape index (κ2) is 8.07. The van der Waals surface area contributed by atoms with Crippen molar-refractivity contribution in [1.82, 2.24) is 10.2 Å². The average Bonchev–Trinajstić information content (AvgIpc) is 2.63. The summed E-state index contributed by atoms with van der Waals surface area (Å²) < 4.78 is 0. The zero-order chi connectivity index (χ0) is 17.8. The number of halogens is 1. The van der Waals surface area contributed by atoms with Crippen molar-refractivity contribution >= 4 is 34.6 Å². The zero-order valence-electron chi connectivity index (χ0n) is 14.8. The summed E-state index contributed by atoms with van der Waals surface area (Å²) in [5.41, 5.74) is 5.02. The van der Waals surface area contributed by atoms with E-state index in [1.165, 1.54) is 22.4 Å². The Bertz CT molecular complexity index is 737. The lowest BCUT2D eigenvalue weighted by molar-refractivity contribution is 0.380. The van der Waals surface area contributed by atoms with Crippen LogP contribution in [0.4, 0.5) is 5.69 Å². The van der Waals surface area contributed by atoms with Crippen LogP contribution in [0.3, 0.4) is 0 Å². The van der Waals surface area contributed by atoms with Crippen LogP contribution >= 0.6 is 23.8 Å². The molecule has 25 heavy (non-hydrogen) atoms. The molecule has 0 aliphatic carbocycles. The first kappa shape index (κ1) is 18.0. The van der Waals surface area contributed by atoms with Crippen LogP contribution in [-0.4, -0.2) is 36.2 Å². The Hall–Kier alpha value is -1.78. The van der Waals surface area contributed by atoms with Gasteiger partial charge in [-0.15, -0.1) is 0 Å². The van der Waals surface area contributed by atoms with Gasteiger partial charge in [0, 0.05) is 43.4 Å². The molecule has 0 atom stereocenters. The van der Waals surface area contributed by atoms with E-state index in [1.54, 1.807) is 0 Å². The maximum absolute atomic E-state index is 6.16. The number of benzene rings is 2. The van der Waals surface area contributed by atoms with Crippen LogP contribution in [0.1, 0.15) is 16.7 Å². The fourth-order valence-corrected chi connectivity index (χ4v) is 3.49. The molecule has 132 valence electrons. The summed E-state index contributed by atoms with van der Waals surface area (Å²) in [4.78, 5) is 4.64. The van der Waals surface area contributed by atoms with Gasteiger partial charge in [0.1, 0.15) is 0 Å². The highest BCUT2D eigenvalue weighted by Gasteiger charge is 2.20. The summed E-state index contributed by atoms with van der Waals surface area (Å²) in [6.07, 6.45) is 0. The molecular formula is C20H24ClN3S. The van der Waals surface area contributed by atoms with Crippen molar-refractivity contribution in [2.45, 2.75) is 20.4 Å². The third-order valence-corrected chi connectivity index (χ3v) is 5.28. The number of thiocarbonyl (C=S) groups is 1. The van der Waals surface area contributed by atoms with E-state index in [4.69, 9.17) is 23.8 Å². The summed E-state index contributed by atoms with van der Waals surface area (Å²) in [5.74, 6) is 0. The normalized spacial score (nSPS) is 14.5. The van der Waals surface area contributed by atoms with E-state index in [-0.39, 0.29) is 0 Å². The molecule has 1 fully saturated rings. The van der Waals surface area contributed by atoms with Gasteiger partial charge in [-0.1, -0.05) is 47.5 Å². The Morgan fingerprint density at radius 2 is 1.72 bits per heavy atom. The van der Waals surface area contributed by atoms with Gasteiger partial charge in [-0.05, 0) is 49.3 Å². The van der Waals surface area contributed by atoms with Crippen molar-refractivity contribution < 1.29 is 0 Å². The minimum Gasteiger partial charge on any atom is -0.368 e. The molecule has 5 heteroatoms. The number of aryl methyl sites for hydroxylation is 2. The van der Waals surface area contributed by atoms with Gasteiger partial charge in [0.05, 0.1) is 0 Å². The minimum absolute atomic E-state index is 0.771. The van der Waals surface area contributed by atoms with Crippen molar-refractivity contribution in [1.29, 1.82) is 0 Å². The van der Waals surface area contributed by atoms with Gasteiger partial charge in [-0.25, -0.2) is 0 Å².